The van der Waals surface area contributed by atoms with E-state index in [0.29, 0.717) is 10.9 Å². The first kappa shape index (κ1) is 14.3. The Balaban J connectivity index is 2.52. The predicted octanol–water partition coefficient (Wildman–Crippen LogP) is 3.43. The van der Waals surface area contributed by atoms with Crippen LogP contribution in [0.2, 0.25) is 0 Å². The van der Waals surface area contributed by atoms with E-state index in [1.54, 1.807) is 16.7 Å². The fraction of sp³-hybridized carbons (Fsp3) is 0.429. The van der Waals surface area contributed by atoms with E-state index in [0.717, 1.165) is 10.6 Å². The Labute approximate surface area is 123 Å². The third-order valence-corrected chi connectivity index (χ3v) is 5.97. The van der Waals surface area contributed by atoms with E-state index in [9.17, 15) is 4.79 Å². The summed E-state index contributed by atoms with van der Waals surface area (Å²) >= 11 is 7.31. The molecule has 0 aliphatic carbocycles. The van der Waals surface area contributed by atoms with E-state index in [-0.39, 0.29) is 11.3 Å². The fourth-order valence-corrected chi connectivity index (χ4v) is 3.92. The van der Waals surface area contributed by atoms with Gasteiger partial charge in [-0.15, -0.1) is 11.8 Å². The molecule has 3 nitrogen and oxygen atoms in total. The molecule has 0 radical (unpaired) electrons. The van der Waals surface area contributed by atoms with Gasteiger partial charge >= 0.3 is 5.97 Å². The average molecular weight is 295 g/mol. The van der Waals surface area contributed by atoms with Crippen molar-refractivity contribution in [2.24, 2.45) is 5.92 Å². The van der Waals surface area contributed by atoms with Gasteiger partial charge in [0.1, 0.15) is 6.54 Å². The summed E-state index contributed by atoms with van der Waals surface area (Å²) in [6.07, 6.45) is 0. The van der Waals surface area contributed by atoms with Crippen LogP contribution in [0.1, 0.15) is 20.8 Å². The maximum absolute atomic E-state index is 11.1. The maximum atomic E-state index is 11.1. The molecule has 0 aromatic heterocycles. The van der Waals surface area contributed by atoms with Gasteiger partial charge in [0.15, 0.2) is 0 Å². The summed E-state index contributed by atoms with van der Waals surface area (Å²) < 4.78 is -0.251. The second kappa shape index (κ2) is 5.13. The summed E-state index contributed by atoms with van der Waals surface area (Å²) in [7, 11) is 0. The molecule has 0 saturated carbocycles. The molecule has 0 fully saturated rings. The second-order valence-electron chi connectivity index (χ2n) is 5.12. The molecule has 2 rings (SSSR count). The molecule has 19 heavy (non-hydrogen) atoms. The Kier molecular flexibility index (Phi) is 3.87. The smallest absolute Gasteiger partial charge is 0.323 e. The Morgan fingerprint density at radius 1 is 1.47 bits per heavy atom. The highest BCUT2D eigenvalue weighted by Crippen LogP contribution is 2.48. The van der Waals surface area contributed by atoms with Crippen LogP contribution in [0.3, 0.4) is 0 Å². The Bertz CT molecular complexity index is 530. The van der Waals surface area contributed by atoms with E-state index >= 15 is 0 Å². The lowest BCUT2D eigenvalue weighted by atomic mass is 9.95. The van der Waals surface area contributed by atoms with Crippen molar-refractivity contribution >= 4 is 40.6 Å². The van der Waals surface area contributed by atoms with Gasteiger partial charge in [-0.2, -0.15) is 0 Å². The van der Waals surface area contributed by atoms with Crippen molar-refractivity contribution < 1.29 is 9.90 Å². The van der Waals surface area contributed by atoms with Gasteiger partial charge < -0.3 is 10.0 Å². The number of aliphatic carboxylic acids is 1. The first-order valence-electron chi connectivity index (χ1n) is 6.18. The molecule has 1 N–H and O–H groups in total. The van der Waals surface area contributed by atoms with Gasteiger partial charge in [-0.3, -0.25) is 4.79 Å². The Morgan fingerprint density at radius 2 is 2.11 bits per heavy atom. The van der Waals surface area contributed by atoms with Crippen LogP contribution in [0, 0.1) is 5.92 Å². The summed E-state index contributed by atoms with van der Waals surface area (Å²) in [4.78, 5) is 14.6. The zero-order chi connectivity index (χ0) is 14.2. The number of thiocarbonyl (C=S) groups is 1. The average Bonchev–Trinajstić information content (AvgIpc) is 2.34. The zero-order valence-electron chi connectivity index (χ0n) is 11.2. The normalized spacial score (nSPS) is 22.5. The molecule has 0 bridgehead atoms. The van der Waals surface area contributed by atoms with Gasteiger partial charge in [-0.1, -0.05) is 38.2 Å². The van der Waals surface area contributed by atoms with Gasteiger partial charge in [0.25, 0.3) is 0 Å². The Hall–Kier alpha value is -1.07. The molecule has 1 heterocycles. The van der Waals surface area contributed by atoms with Gasteiger partial charge in [0, 0.05) is 4.90 Å². The largest absolute Gasteiger partial charge is 0.480 e. The first-order valence-corrected chi connectivity index (χ1v) is 7.40. The molecule has 1 aliphatic rings. The number of carboxylic acids is 1. The number of hydrogen-bond donors (Lipinski definition) is 1. The number of carboxylic acid groups (broad SMARTS) is 1. The van der Waals surface area contributed by atoms with Gasteiger partial charge in [0.05, 0.1) is 15.4 Å². The summed E-state index contributed by atoms with van der Waals surface area (Å²) in [5.41, 5.74) is 0.901. The number of fused-ring (bicyclic) bond motifs is 1. The van der Waals surface area contributed by atoms with Crippen LogP contribution >= 0.6 is 24.0 Å². The molecule has 1 atom stereocenters. The number of carbonyl (C=O) groups is 1. The molecule has 0 saturated heterocycles. The number of rotatable bonds is 3. The molecular weight excluding hydrogens is 278 g/mol. The van der Waals surface area contributed by atoms with E-state index in [2.05, 4.69) is 20.8 Å². The number of thioether (sulfide) groups is 1. The van der Waals surface area contributed by atoms with Gasteiger partial charge in [-0.05, 0) is 25.0 Å². The van der Waals surface area contributed by atoms with Crippen molar-refractivity contribution in [2.75, 3.05) is 11.4 Å². The topological polar surface area (TPSA) is 40.5 Å². The van der Waals surface area contributed by atoms with Crippen molar-refractivity contribution in [1.29, 1.82) is 0 Å². The van der Waals surface area contributed by atoms with E-state index in [1.807, 2.05) is 24.3 Å². The lowest BCUT2D eigenvalue weighted by Crippen LogP contribution is -2.51. The third kappa shape index (κ3) is 2.49. The zero-order valence-corrected chi connectivity index (χ0v) is 12.8. The van der Waals surface area contributed by atoms with Crippen molar-refractivity contribution in [3.8, 4) is 0 Å². The fourth-order valence-electron chi connectivity index (χ4n) is 2.07. The Morgan fingerprint density at radius 3 is 2.68 bits per heavy atom. The molecule has 1 aromatic carbocycles. The highest BCUT2D eigenvalue weighted by atomic mass is 32.2. The van der Waals surface area contributed by atoms with Gasteiger partial charge in [0.2, 0.25) is 0 Å². The molecular formula is C14H17NO2S2. The van der Waals surface area contributed by atoms with E-state index in [1.165, 1.54) is 0 Å². The summed E-state index contributed by atoms with van der Waals surface area (Å²) in [6.45, 7) is 6.24. The lowest BCUT2D eigenvalue weighted by Gasteiger charge is -2.44. The number of nitrogens with zero attached hydrogens (tertiary/aromatic N) is 1. The molecule has 1 unspecified atom stereocenters. The summed E-state index contributed by atoms with van der Waals surface area (Å²) in [5.74, 6) is -0.537. The molecule has 1 aliphatic heterocycles. The van der Waals surface area contributed by atoms with Crippen LogP contribution in [0.5, 0.6) is 0 Å². The molecule has 1 aromatic rings. The van der Waals surface area contributed by atoms with Crippen LogP contribution in [-0.2, 0) is 4.79 Å². The van der Waals surface area contributed by atoms with Crippen LogP contribution < -0.4 is 4.90 Å². The first-order chi connectivity index (χ1) is 8.86. The van der Waals surface area contributed by atoms with E-state index < -0.39 is 5.97 Å². The highest BCUT2D eigenvalue weighted by Gasteiger charge is 2.42. The summed E-state index contributed by atoms with van der Waals surface area (Å²) in [5, 5.41) is 9.11. The second-order valence-corrected chi connectivity index (χ2v) is 7.00. The minimum Gasteiger partial charge on any atom is -0.480 e. The molecule has 5 heteroatoms. The van der Waals surface area contributed by atoms with Crippen molar-refractivity contribution in [2.45, 2.75) is 30.4 Å². The number of hydrogen-bond acceptors (Lipinski definition) is 3. The monoisotopic (exact) mass is 295 g/mol. The maximum Gasteiger partial charge on any atom is 0.323 e. The van der Waals surface area contributed by atoms with Crippen LogP contribution in [0.25, 0.3) is 0 Å². The molecule has 0 amide bonds. The molecule has 0 spiro atoms. The van der Waals surface area contributed by atoms with Gasteiger partial charge in [-0.25, -0.2) is 0 Å². The minimum absolute atomic E-state index is 0.0846. The highest BCUT2D eigenvalue weighted by molar-refractivity contribution is 8.03. The van der Waals surface area contributed by atoms with Crippen molar-refractivity contribution in [3.05, 3.63) is 24.3 Å². The van der Waals surface area contributed by atoms with Crippen LogP contribution in [0.4, 0.5) is 5.69 Å². The number of para-hydroxylation sites is 1. The van der Waals surface area contributed by atoms with Crippen LogP contribution in [-0.4, -0.2) is 27.4 Å². The third-order valence-electron chi connectivity index (χ3n) is 3.54. The van der Waals surface area contributed by atoms with Crippen LogP contribution in [0.15, 0.2) is 29.2 Å². The quantitative estimate of drug-likeness (QED) is 0.865. The minimum atomic E-state index is -0.866. The lowest BCUT2D eigenvalue weighted by molar-refractivity contribution is -0.135. The predicted molar refractivity (Wildman–Crippen MR) is 83.1 cm³/mol. The number of anilines is 1. The standard InChI is InChI=1S/C14H17NO2S2/c1-9(2)14(3)13(18)15(8-12(16)17)10-6-4-5-7-11(10)19-14/h4-7,9H,8H2,1-3H3,(H,16,17). The molecule has 102 valence electrons. The van der Waals surface area contributed by atoms with E-state index in [4.69, 9.17) is 17.3 Å². The summed E-state index contributed by atoms with van der Waals surface area (Å²) in [6, 6.07) is 7.84. The van der Waals surface area contributed by atoms with Crippen molar-refractivity contribution in [1.82, 2.24) is 0 Å². The SMILES string of the molecule is CC(C)C1(C)Sc2ccccc2N(CC(=O)O)C1=S. The number of benzene rings is 1. The van der Waals surface area contributed by atoms with Crippen molar-refractivity contribution in [3.63, 3.8) is 0 Å².